The van der Waals surface area contributed by atoms with Crippen LogP contribution < -0.4 is 9.47 Å². The van der Waals surface area contributed by atoms with E-state index in [9.17, 15) is 9.59 Å². The third-order valence-corrected chi connectivity index (χ3v) is 2.75. The summed E-state index contributed by atoms with van der Waals surface area (Å²) in [6.07, 6.45) is 3.69. The van der Waals surface area contributed by atoms with Crippen LogP contribution in [-0.4, -0.2) is 19.4 Å². The van der Waals surface area contributed by atoms with E-state index in [1.807, 2.05) is 30.3 Å². The number of carbonyl (C=O) groups is 2. The first-order valence-corrected chi connectivity index (χ1v) is 6.31. The molecule has 0 fully saturated rings. The molecular formula is C17H14O4. The van der Waals surface area contributed by atoms with Gasteiger partial charge in [-0.3, -0.25) is 4.79 Å². The molecule has 0 saturated heterocycles. The third kappa shape index (κ3) is 4.04. The number of hydrogen-bond acceptors (Lipinski definition) is 4. The Balaban J connectivity index is 2.09. The van der Waals surface area contributed by atoms with Crippen LogP contribution >= 0.6 is 0 Å². The quantitative estimate of drug-likeness (QED) is 0.366. The molecule has 21 heavy (non-hydrogen) atoms. The SMILES string of the molecule is COc1cc(C=O)ccc1OC(=O)C=Cc1ccccc1. The van der Waals surface area contributed by atoms with Gasteiger partial charge in [-0.1, -0.05) is 30.3 Å². The molecule has 2 aromatic carbocycles. The van der Waals surface area contributed by atoms with Crippen molar-refractivity contribution in [2.75, 3.05) is 7.11 Å². The van der Waals surface area contributed by atoms with Crippen molar-refractivity contribution >= 4 is 18.3 Å². The maximum absolute atomic E-state index is 11.8. The molecule has 0 aliphatic heterocycles. The molecule has 4 nitrogen and oxygen atoms in total. The number of methoxy groups -OCH3 is 1. The van der Waals surface area contributed by atoms with E-state index in [0.29, 0.717) is 17.6 Å². The van der Waals surface area contributed by atoms with Crippen LogP contribution in [0.4, 0.5) is 0 Å². The average molecular weight is 282 g/mol. The maximum atomic E-state index is 11.8. The van der Waals surface area contributed by atoms with Crippen LogP contribution in [0.5, 0.6) is 11.5 Å². The molecule has 0 heterocycles. The lowest BCUT2D eigenvalue weighted by molar-refractivity contribution is -0.129. The normalized spacial score (nSPS) is 10.3. The summed E-state index contributed by atoms with van der Waals surface area (Å²) in [5, 5.41) is 0. The van der Waals surface area contributed by atoms with Crippen molar-refractivity contribution in [1.29, 1.82) is 0 Å². The summed E-state index contributed by atoms with van der Waals surface area (Å²) in [5.74, 6) is 0.0860. The van der Waals surface area contributed by atoms with Crippen LogP contribution in [-0.2, 0) is 4.79 Å². The van der Waals surface area contributed by atoms with E-state index in [4.69, 9.17) is 9.47 Å². The van der Waals surface area contributed by atoms with Gasteiger partial charge in [0.1, 0.15) is 6.29 Å². The van der Waals surface area contributed by atoms with Gasteiger partial charge in [0.15, 0.2) is 11.5 Å². The van der Waals surface area contributed by atoms with Crippen molar-refractivity contribution in [3.63, 3.8) is 0 Å². The highest BCUT2D eigenvalue weighted by atomic mass is 16.6. The summed E-state index contributed by atoms with van der Waals surface area (Å²) in [4.78, 5) is 22.5. The van der Waals surface area contributed by atoms with Crippen molar-refractivity contribution in [3.05, 3.63) is 65.7 Å². The zero-order chi connectivity index (χ0) is 15.1. The number of esters is 1. The second-order valence-electron chi connectivity index (χ2n) is 4.19. The molecule has 0 aliphatic rings. The molecule has 4 heteroatoms. The van der Waals surface area contributed by atoms with Crippen molar-refractivity contribution in [1.82, 2.24) is 0 Å². The highest BCUT2D eigenvalue weighted by Gasteiger charge is 2.08. The molecule has 0 amide bonds. The zero-order valence-corrected chi connectivity index (χ0v) is 11.5. The Kier molecular flexibility index (Phi) is 4.88. The van der Waals surface area contributed by atoms with E-state index in [1.165, 1.54) is 25.3 Å². The zero-order valence-electron chi connectivity index (χ0n) is 11.5. The second-order valence-corrected chi connectivity index (χ2v) is 4.19. The molecule has 0 unspecified atom stereocenters. The van der Waals surface area contributed by atoms with E-state index in [2.05, 4.69) is 0 Å². The molecule has 106 valence electrons. The largest absolute Gasteiger partial charge is 0.493 e. The van der Waals surface area contributed by atoms with Gasteiger partial charge in [0, 0.05) is 11.6 Å². The Hall–Kier alpha value is -2.88. The minimum atomic E-state index is -0.518. The highest BCUT2D eigenvalue weighted by molar-refractivity contribution is 5.89. The minimum absolute atomic E-state index is 0.269. The number of benzene rings is 2. The van der Waals surface area contributed by atoms with Crippen LogP contribution in [0.1, 0.15) is 15.9 Å². The summed E-state index contributed by atoms with van der Waals surface area (Å²) in [6, 6.07) is 14.0. The standard InChI is InChI=1S/C17H14O4/c1-20-16-11-14(12-18)7-9-15(16)21-17(19)10-8-13-5-3-2-4-6-13/h2-12H,1H3. The van der Waals surface area contributed by atoms with E-state index < -0.39 is 5.97 Å². The molecule has 0 aliphatic carbocycles. The van der Waals surface area contributed by atoms with Crippen molar-refractivity contribution in [2.24, 2.45) is 0 Å². The number of carbonyl (C=O) groups excluding carboxylic acids is 2. The van der Waals surface area contributed by atoms with Gasteiger partial charge < -0.3 is 9.47 Å². The fourth-order valence-electron chi connectivity index (χ4n) is 1.71. The number of rotatable bonds is 5. The monoisotopic (exact) mass is 282 g/mol. The van der Waals surface area contributed by atoms with Crippen molar-refractivity contribution < 1.29 is 19.1 Å². The van der Waals surface area contributed by atoms with Gasteiger partial charge in [-0.25, -0.2) is 4.79 Å². The summed E-state index contributed by atoms with van der Waals surface area (Å²) >= 11 is 0. The molecule has 0 aromatic heterocycles. The Bertz CT molecular complexity index is 660. The highest BCUT2D eigenvalue weighted by Crippen LogP contribution is 2.27. The first-order valence-electron chi connectivity index (χ1n) is 6.31. The molecule has 0 saturated carbocycles. The maximum Gasteiger partial charge on any atom is 0.336 e. The molecule has 2 aromatic rings. The van der Waals surface area contributed by atoms with Crippen LogP contribution in [0.15, 0.2) is 54.6 Å². The molecule has 0 spiro atoms. The molecule has 0 atom stereocenters. The van der Waals surface area contributed by atoms with Crippen molar-refractivity contribution in [3.8, 4) is 11.5 Å². The number of ether oxygens (including phenoxy) is 2. The average Bonchev–Trinajstić information content (AvgIpc) is 2.54. The minimum Gasteiger partial charge on any atom is -0.493 e. The summed E-state index contributed by atoms with van der Waals surface area (Å²) in [5.41, 5.74) is 1.35. The predicted octanol–water partition coefficient (Wildman–Crippen LogP) is 3.13. The van der Waals surface area contributed by atoms with E-state index in [1.54, 1.807) is 12.1 Å². The lowest BCUT2D eigenvalue weighted by atomic mass is 10.2. The smallest absolute Gasteiger partial charge is 0.336 e. The van der Waals surface area contributed by atoms with E-state index in [-0.39, 0.29) is 5.75 Å². The summed E-state index contributed by atoms with van der Waals surface area (Å²) in [6.45, 7) is 0. The van der Waals surface area contributed by atoms with Gasteiger partial charge in [-0.05, 0) is 29.8 Å². The predicted molar refractivity (Wildman–Crippen MR) is 79.5 cm³/mol. The van der Waals surface area contributed by atoms with Crippen LogP contribution in [0.25, 0.3) is 6.08 Å². The first-order chi connectivity index (χ1) is 10.2. The summed E-state index contributed by atoms with van der Waals surface area (Å²) in [7, 11) is 1.45. The van der Waals surface area contributed by atoms with Gasteiger partial charge in [-0.2, -0.15) is 0 Å². The number of hydrogen-bond donors (Lipinski definition) is 0. The van der Waals surface area contributed by atoms with Crippen LogP contribution in [0.2, 0.25) is 0 Å². The van der Waals surface area contributed by atoms with Gasteiger partial charge in [0.25, 0.3) is 0 Å². The lowest BCUT2D eigenvalue weighted by Crippen LogP contribution is -2.05. The van der Waals surface area contributed by atoms with Crippen LogP contribution in [0, 0.1) is 0 Å². The second kappa shape index (κ2) is 7.05. The Morgan fingerprint density at radius 3 is 2.43 bits per heavy atom. The first kappa shape index (κ1) is 14.5. The molecule has 0 bridgehead atoms. The summed E-state index contributed by atoms with van der Waals surface area (Å²) < 4.78 is 10.3. The topological polar surface area (TPSA) is 52.6 Å². The van der Waals surface area contributed by atoms with E-state index in [0.717, 1.165) is 5.56 Å². The van der Waals surface area contributed by atoms with Crippen molar-refractivity contribution in [2.45, 2.75) is 0 Å². The molecule has 0 radical (unpaired) electrons. The van der Waals surface area contributed by atoms with Gasteiger partial charge in [-0.15, -0.1) is 0 Å². The molecular weight excluding hydrogens is 268 g/mol. The molecule has 0 N–H and O–H groups in total. The van der Waals surface area contributed by atoms with Gasteiger partial charge in [0.2, 0.25) is 0 Å². The fraction of sp³-hybridized carbons (Fsp3) is 0.0588. The Labute approximate surface area is 122 Å². The fourth-order valence-corrected chi connectivity index (χ4v) is 1.71. The third-order valence-electron chi connectivity index (χ3n) is 2.75. The van der Waals surface area contributed by atoms with Gasteiger partial charge >= 0.3 is 5.97 Å². The molecule has 2 rings (SSSR count). The van der Waals surface area contributed by atoms with Gasteiger partial charge in [0.05, 0.1) is 7.11 Å². The Morgan fingerprint density at radius 2 is 1.76 bits per heavy atom. The lowest BCUT2D eigenvalue weighted by Gasteiger charge is -2.08. The number of aldehydes is 1. The van der Waals surface area contributed by atoms with E-state index >= 15 is 0 Å². The Morgan fingerprint density at radius 1 is 1.00 bits per heavy atom. The van der Waals surface area contributed by atoms with Crippen LogP contribution in [0.3, 0.4) is 0 Å².